The van der Waals surface area contributed by atoms with E-state index in [9.17, 15) is 23.9 Å². The van der Waals surface area contributed by atoms with E-state index in [0.29, 0.717) is 5.56 Å². The van der Waals surface area contributed by atoms with Crippen LogP contribution in [0.25, 0.3) is 11.0 Å². The molecule has 0 aliphatic carbocycles. The van der Waals surface area contributed by atoms with E-state index in [-0.39, 0.29) is 42.9 Å². The van der Waals surface area contributed by atoms with Crippen molar-refractivity contribution in [1.29, 1.82) is 0 Å². The first kappa shape index (κ1) is 23.2. The van der Waals surface area contributed by atoms with E-state index in [2.05, 4.69) is 10.3 Å². The number of aromatic hydroxyl groups is 1. The van der Waals surface area contributed by atoms with Gasteiger partial charge < -0.3 is 25.6 Å². The molecule has 3 heterocycles. The molecule has 0 saturated carbocycles. The number of methoxy groups -OCH3 is 1. The lowest BCUT2D eigenvalue weighted by Crippen LogP contribution is -2.53. The molecule has 11 heteroatoms. The molecule has 10 nitrogen and oxygen atoms in total. The zero-order valence-corrected chi connectivity index (χ0v) is 18.6. The predicted octanol–water partition coefficient (Wildman–Crippen LogP) is 0.845. The number of aromatic nitrogens is 2. The molecule has 2 amide bonds. The van der Waals surface area contributed by atoms with E-state index in [1.54, 1.807) is 12.1 Å². The van der Waals surface area contributed by atoms with E-state index in [1.165, 1.54) is 36.9 Å². The highest BCUT2D eigenvalue weighted by Crippen LogP contribution is 2.40. The number of pyridine rings is 2. The van der Waals surface area contributed by atoms with Crippen LogP contribution in [0, 0.1) is 5.82 Å². The number of nitrogens with zero attached hydrogens (tertiary/aromatic N) is 2. The molecule has 0 spiro atoms. The van der Waals surface area contributed by atoms with Crippen LogP contribution in [-0.4, -0.2) is 52.3 Å². The molecule has 1 atom stereocenters. The number of primary amides is 1. The van der Waals surface area contributed by atoms with Gasteiger partial charge in [0.15, 0.2) is 11.5 Å². The number of benzene rings is 1. The Labute approximate surface area is 193 Å². The standard InChI is InChI=1S/C23H23FN4O6/c1-23(22(25)32)11-28-17-16(18(29)15(21(28)31)20(30)26-7-8-33-2)27-10-13(19(17)34-23)9-12-3-5-14(24)6-4-12/h3-6,10,29H,7-9,11H2,1-2H3,(H2,25,32)(H,26,30)/t23-/m0/s1. The van der Waals surface area contributed by atoms with Gasteiger partial charge in [-0.25, -0.2) is 4.39 Å². The normalized spacial score (nSPS) is 16.8. The molecular weight excluding hydrogens is 447 g/mol. The maximum atomic E-state index is 13.3. The summed E-state index contributed by atoms with van der Waals surface area (Å²) in [6.45, 7) is 1.47. The monoisotopic (exact) mass is 470 g/mol. The summed E-state index contributed by atoms with van der Waals surface area (Å²) in [5.41, 5.74) is 3.94. The fraction of sp³-hybridized carbons (Fsp3) is 0.304. The first-order valence-corrected chi connectivity index (χ1v) is 10.4. The van der Waals surface area contributed by atoms with E-state index in [0.717, 1.165) is 5.56 Å². The van der Waals surface area contributed by atoms with E-state index < -0.39 is 40.1 Å². The van der Waals surface area contributed by atoms with Crippen LogP contribution in [0.5, 0.6) is 11.5 Å². The quantitative estimate of drug-likeness (QED) is 0.434. The van der Waals surface area contributed by atoms with Gasteiger partial charge in [0.1, 0.15) is 22.4 Å². The minimum Gasteiger partial charge on any atom is -0.505 e. The van der Waals surface area contributed by atoms with Crippen LogP contribution in [-0.2, 0) is 22.5 Å². The summed E-state index contributed by atoms with van der Waals surface area (Å²) < 4.78 is 25.4. The van der Waals surface area contributed by atoms with E-state index >= 15 is 0 Å². The van der Waals surface area contributed by atoms with Crippen LogP contribution < -0.4 is 21.3 Å². The third-order valence-corrected chi connectivity index (χ3v) is 5.71. The number of nitrogens with one attached hydrogen (secondary N) is 1. The molecule has 4 rings (SSSR count). The number of halogens is 1. The number of carbonyl (C=O) groups excluding carboxylic acids is 2. The SMILES string of the molecule is COCCNC(=O)c1c(O)c2ncc(Cc3ccc(F)cc3)c3c2n(c1=O)C[C@@](C)(C(N)=O)O3. The second-order valence-electron chi connectivity index (χ2n) is 8.17. The number of hydrogen-bond donors (Lipinski definition) is 3. The van der Waals surface area contributed by atoms with Gasteiger partial charge in [0.2, 0.25) is 5.60 Å². The molecule has 0 bridgehead atoms. The number of nitrogens with two attached hydrogens (primary N) is 1. The van der Waals surface area contributed by atoms with Gasteiger partial charge >= 0.3 is 0 Å². The smallest absolute Gasteiger partial charge is 0.268 e. The van der Waals surface area contributed by atoms with Crippen molar-refractivity contribution >= 4 is 22.8 Å². The van der Waals surface area contributed by atoms with Gasteiger partial charge in [-0.05, 0) is 24.6 Å². The molecule has 3 aromatic rings. The molecule has 0 fully saturated rings. The van der Waals surface area contributed by atoms with Crippen LogP contribution in [0.3, 0.4) is 0 Å². The van der Waals surface area contributed by atoms with Crippen molar-refractivity contribution in [1.82, 2.24) is 14.9 Å². The van der Waals surface area contributed by atoms with Crippen molar-refractivity contribution in [3.8, 4) is 11.5 Å². The Hall–Kier alpha value is -3.99. The van der Waals surface area contributed by atoms with Crippen LogP contribution in [0.2, 0.25) is 0 Å². The lowest BCUT2D eigenvalue weighted by Gasteiger charge is -2.35. The molecule has 34 heavy (non-hydrogen) atoms. The summed E-state index contributed by atoms with van der Waals surface area (Å²) in [6, 6.07) is 5.78. The Morgan fingerprint density at radius 2 is 2.06 bits per heavy atom. The topological polar surface area (TPSA) is 146 Å². The Balaban J connectivity index is 1.92. The van der Waals surface area contributed by atoms with E-state index in [1.807, 2.05) is 0 Å². The molecule has 1 aliphatic heterocycles. The van der Waals surface area contributed by atoms with Gasteiger partial charge in [-0.15, -0.1) is 0 Å². The van der Waals surface area contributed by atoms with Crippen molar-refractivity contribution in [2.75, 3.05) is 20.3 Å². The molecular formula is C23H23FN4O6. The maximum Gasteiger partial charge on any atom is 0.268 e. The summed E-state index contributed by atoms with van der Waals surface area (Å²) in [7, 11) is 1.46. The average Bonchev–Trinajstić information content (AvgIpc) is 2.79. The summed E-state index contributed by atoms with van der Waals surface area (Å²) >= 11 is 0. The summed E-state index contributed by atoms with van der Waals surface area (Å²) in [6.07, 6.45) is 1.65. The number of hydrogen-bond acceptors (Lipinski definition) is 7. The maximum absolute atomic E-state index is 13.3. The largest absolute Gasteiger partial charge is 0.505 e. The minimum absolute atomic E-state index is 0.0409. The van der Waals surface area contributed by atoms with Crippen LogP contribution in [0.4, 0.5) is 4.39 Å². The minimum atomic E-state index is -1.61. The van der Waals surface area contributed by atoms with Gasteiger partial charge in [0.05, 0.1) is 13.2 Å². The van der Waals surface area contributed by atoms with Crippen molar-refractivity contribution in [3.05, 3.63) is 63.3 Å². The number of ether oxygens (including phenoxy) is 2. The van der Waals surface area contributed by atoms with Gasteiger partial charge in [-0.2, -0.15) is 0 Å². The molecule has 4 N–H and O–H groups in total. The van der Waals surface area contributed by atoms with Gasteiger partial charge in [-0.1, -0.05) is 12.1 Å². The highest BCUT2D eigenvalue weighted by atomic mass is 19.1. The molecule has 2 aromatic heterocycles. The van der Waals surface area contributed by atoms with Crippen LogP contribution in [0.15, 0.2) is 35.3 Å². The fourth-order valence-corrected chi connectivity index (χ4v) is 3.86. The average molecular weight is 470 g/mol. The van der Waals surface area contributed by atoms with Gasteiger partial charge in [0.25, 0.3) is 17.4 Å². The summed E-state index contributed by atoms with van der Waals surface area (Å²) in [4.78, 5) is 42.6. The second-order valence-corrected chi connectivity index (χ2v) is 8.17. The molecule has 1 aromatic carbocycles. The third kappa shape index (κ3) is 3.94. The third-order valence-electron chi connectivity index (χ3n) is 5.71. The first-order valence-electron chi connectivity index (χ1n) is 10.4. The highest BCUT2D eigenvalue weighted by molar-refractivity contribution is 6.02. The van der Waals surface area contributed by atoms with Crippen molar-refractivity contribution in [3.63, 3.8) is 0 Å². The lowest BCUT2D eigenvalue weighted by atomic mass is 9.99. The van der Waals surface area contributed by atoms with Crippen LogP contribution in [0.1, 0.15) is 28.4 Å². The first-order chi connectivity index (χ1) is 16.2. The molecule has 0 unspecified atom stereocenters. The van der Waals surface area contributed by atoms with Crippen molar-refractivity contribution in [2.24, 2.45) is 5.73 Å². The zero-order chi connectivity index (χ0) is 24.6. The van der Waals surface area contributed by atoms with Gasteiger partial charge in [-0.3, -0.25) is 23.9 Å². The molecule has 1 aliphatic rings. The molecule has 0 radical (unpaired) electrons. The Kier molecular flexibility index (Phi) is 5.96. The highest BCUT2D eigenvalue weighted by Gasteiger charge is 2.42. The number of rotatable bonds is 7. The Morgan fingerprint density at radius 1 is 1.35 bits per heavy atom. The Bertz CT molecular complexity index is 1350. The van der Waals surface area contributed by atoms with Crippen molar-refractivity contribution < 1.29 is 28.6 Å². The number of amides is 2. The molecule has 0 saturated heterocycles. The molecule has 178 valence electrons. The number of carbonyl (C=O) groups is 2. The van der Waals surface area contributed by atoms with Gasteiger partial charge in [0, 0.05) is 31.8 Å². The fourth-order valence-electron chi connectivity index (χ4n) is 3.86. The second kappa shape index (κ2) is 8.75. The zero-order valence-electron chi connectivity index (χ0n) is 18.6. The van der Waals surface area contributed by atoms with Crippen LogP contribution >= 0.6 is 0 Å². The van der Waals surface area contributed by atoms with Crippen molar-refractivity contribution in [2.45, 2.75) is 25.5 Å². The predicted molar refractivity (Wildman–Crippen MR) is 119 cm³/mol. The van der Waals surface area contributed by atoms with E-state index in [4.69, 9.17) is 15.2 Å². The summed E-state index contributed by atoms with van der Waals surface area (Å²) in [5.74, 6) is -2.50. The lowest BCUT2D eigenvalue weighted by molar-refractivity contribution is -0.133. The summed E-state index contributed by atoms with van der Waals surface area (Å²) in [5, 5.41) is 13.3. The Morgan fingerprint density at radius 3 is 2.71 bits per heavy atom.